The van der Waals surface area contributed by atoms with Gasteiger partial charge in [-0.25, -0.2) is 4.79 Å². The Bertz CT molecular complexity index is 1750. The Hall–Kier alpha value is -4.59. The van der Waals surface area contributed by atoms with Crippen molar-refractivity contribution in [3.8, 4) is 17.0 Å². The second-order valence-corrected chi connectivity index (χ2v) is 12.1. The monoisotopic (exact) mass is 577 g/mol. The van der Waals surface area contributed by atoms with Crippen LogP contribution in [-0.4, -0.2) is 39.6 Å². The molecule has 2 amide bonds. The molecule has 8 nitrogen and oxygen atoms in total. The molecule has 43 heavy (non-hydrogen) atoms. The highest BCUT2D eigenvalue weighted by atomic mass is 16.5. The number of carbonyl (C=O) groups is 3. The zero-order chi connectivity index (χ0) is 29.6. The molecule has 0 radical (unpaired) electrons. The Kier molecular flexibility index (Phi) is 6.92. The van der Waals surface area contributed by atoms with E-state index in [9.17, 15) is 19.5 Å². The first kappa shape index (κ1) is 27.3. The Balaban J connectivity index is 1.23. The maximum atomic E-state index is 13.7. The molecule has 8 heteroatoms. The normalized spacial score (nSPS) is 17.5. The van der Waals surface area contributed by atoms with Gasteiger partial charge >= 0.3 is 5.97 Å². The van der Waals surface area contributed by atoms with Crippen LogP contribution in [0.15, 0.2) is 66.7 Å². The van der Waals surface area contributed by atoms with Gasteiger partial charge in [-0.15, -0.1) is 0 Å². The van der Waals surface area contributed by atoms with E-state index >= 15 is 0 Å². The lowest BCUT2D eigenvalue weighted by molar-refractivity contribution is -0.125. The number of aromatic carboxylic acids is 1. The van der Waals surface area contributed by atoms with Crippen LogP contribution in [0.3, 0.4) is 0 Å². The number of carboxylic acids is 1. The average Bonchev–Trinajstić information content (AvgIpc) is 3.20. The van der Waals surface area contributed by atoms with Gasteiger partial charge in [0.25, 0.3) is 5.91 Å². The summed E-state index contributed by atoms with van der Waals surface area (Å²) < 4.78 is 8.49. The summed E-state index contributed by atoms with van der Waals surface area (Å²) in [6, 6.07) is 20.3. The quantitative estimate of drug-likeness (QED) is 0.235. The average molecular weight is 578 g/mol. The number of para-hydroxylation sites is 1. The minimum Gasteiger partial charge on any atom is -0.491 e. The fourth-order valence-corrected chi connectivity index (χ4v) is 7.09. The molecule has 1 aromatic heterocycles. The summed E-state index contributed by atoms with van der Waals surface area (Å²) in [7, 11) is 0. The van der Waals surface area contributed by atoms with Gasteiger partial charge in [0.1, 0.15) is 17.9 Å². The highest BCUT2D eigenvalue weighted by Crippen LogP contribution is 2.47. The molecule has 0 unspecified atom stereocenters. The Labute approximate surface area is 250 Å². The van der Waals surface area contributed by atoms with E-state index in [-0.39, 0.29) is 17.4 Å². The number of carboxylic acid groups (broad SMARTS) is 1. The highest BCUT2D eigenvalue weighted by molar-refractivity contribution is 6.06. The molecule has 3 aliphatic rings. The SMILES string of the molecule is O=C(O)c1cccc(NC(=O)C2(NC(=O)c3ccc4c(C5CCCCC5)c5n(c4c3)CCOc3ccccc3-5)CCC2)c1. The van der Waals surface area contributed by atoms with Gasteiger partial charge < -0.3 is 25.0 Å². The molecule has 2 heterocycles. The molecule has 0 saturated heterocycles. The van der Waals surface area contributed by atoms with E-state index in [0.29, 0.717) is 43.2 Å². The Morgan fingerprint density at radius 1 is 0.884 bits per heavy atom. The molecule has 4 aromatic rings. The molecule has 0 spiro atoms. The van der Waals surface area contributed by atoms with E-state index < -0.39 is 11.5 Å². The minimum absolute atomic E-state index is 0.0877. The summed E-state index contributed by atoms with van der Waals surface area (Å²) in [5, 5.41) is 16.4. The number of benzene rings is 3. The number of fused-ring (bicyclic) bond motifs is 5. The van der Waals surface area contributed by atoms with Crippen molar-refractivity contribution in [1.29, 1.82) is 0 Å². The summed E-state index contributed by atoms with van der Waals surface area (Å²) in [4.78, 5) is 38.5. The predicted molar refractivity (Wildman–Crippen MR) is 165 cm³/mol. The van der Waals surface area contributed by atoms with Gasteiger partial charge in [0.2, 0.25) is 5.91 Å². The third kappa shape index (κ3) is 4.84. The highest BCUT2D eigenvalue weighted by Gasteiger charge is 2.45. The van der Waals surface area contributed by atoms with Crippen molar-refractivity contribution in [3.63, 3.8) is 0 Å². The molecule has 0 bridgehead atoms. The van der Waals surface area contributed by atoms with E-state index in [1.54, 1.807) is 12.1 Å². The first-order chi connectivity index (χ1) is 20.9. The van der Waals surface area contributed by atoms with Crippen LogP contribution in [0.25, 0.3) is 22.2 Å². The minimum atomic E-state index is -1.07. The maximum absolute atomic E-state index is 13.7. The van der Waals surface area contributed by atoms with Gasteiger partial charge in [0.05, 0.1) is 17.8 Å². The summed E-state index contributed by atoms with van der Waals surface area (Å²) in [5.41, 5.74) is 4.62. The second-order valence-electron chi connectivity index (χ2n) is 12.1. The first-order valence-corrected chi connectivity index (χ1v) is 15.3. The number of ether oxygens (including phenoxy) is 1. The molecular formula is C35H35N3O5. The van der Waals surface area contributed by atoms with Gasteiger partial charge in [-0.2, -0.15) is 0 Å². The van der Waals surface area contributed by atoms with Gasteiger partial charge in [0.15, 0.2) is 0 Å². The van der Waals surface area contributed by atoms with Crippen LogP contribution < -0.4 is 15.4 Å². The molecule has 2 aliphatic carbocycles. The van der Waals surface area contributed by atoms with Crippen LogP contribution in [0.5, 0.6) is 5.75 Å². The topological polar surface area (TPSA) is 110 Å². The zero-order valence-electron chi connectivity index (χ0n) is 24.0. The summed E-state index contributed by atoms with van der Waals surface area (Å²) in [5.74, 6) is -0.342. The van der Waals surface area contributed by atoms with Crippen molar-refractivity contribution in [1.82, 2.24) is 9.88 Å². The number of rotatable bonds is 6. The molecular weight excluding hydrogens is 542 g/mol. The number of anilines is 1. The van der Waals surface area contributed by atoms with E-state index in [1.807, 2.05) is 24.3 Å². The third-order valence-electron chi connectivity index (χ3n) is 9.46. The van der Waals surface area contributed by atoms with Gasteiger partial charge in [-0.1, -0.05) is 43.5 Å². The van der Waals surface area contributed by atoms with Gasteiger partial charge in [0, 0.05) is 27.7 Å². The molecule has 3 aromatic carbocycles. The molecule has 7 rings (SSSR count). The summed E-state index contributed by atoms with van der Waals surface area (Å²) in [6.45, 7) is 1.22. The van der Waals surface area contributed by atoms with E-state index in [4.69, 9.17) is 4.74 Å². The molecule has 1 aliphatic heterocycles. The fourth-order valence-electron chi connectivity index (χ4n) is 7.09. The first-order valence-electron chi connectivity index (χ1n) is 15.3. The third-order valence-corrected chi connectivity index (χ3v) is 9.46. The standard InChI is InChI=1S/C35H35N3O5/c39-32(37-35(16-7-17-35)34(42)36-25-11-6-10-24(20-25)33(40)41)23-14-15-26-28(21-23)38-18-19-43-29-13-5-4-12-27(29)31(38)30(26)22-8-2-1-3-9-22/h4-6,10-15,20-22H,1-3,7-9,16-19H2,(H,36,42)(H,37,39)(H,40,41). The Morgan fingerprint density at radius 2 is 1.70 bits per heavy atom. The van der Waals surface area contributed by atoms with Crippen molar-refractivity contribution in [2.24, 2.45) is 0 Å². The largest absolute Gasteiger partial charge is 0.491 e. The van der Waals surface area contributed by atoms with Crippen molar-refractivity contribution in [2.45, 2.75) is 69.4 Å². The van der Waals surface area contributed by atoms with Crippen LogP contribution in [0.4, 0.5) is 5.69 Å². The molecule has 3 N–H and O–H groups in total. The fraction of sp³-hybridized carbons (Fsp3) is 0.343. The number of hydrogen-bond acceptors (Lipinski definition) is 4. The molecule has 2 saturated carbocycles. The number of hydrogen-bond donors (Lipinski definition) is 3. The van der Waals surface area contributed by atoms with E-state index in [0.717, 1.165) is 36.1 Å². The zero-order valence-corrected chi connectivity index (χ0v) is 24.0. The summed E-state index contributed by atoms with van der Waals surface area (Å²) in [6.07, 6.45) is 7.89. The van der Waals surface area contributed by atoms with Crippen molar-refractivity contribution < 1.29 is 24.2 Å². The summed E-state index contributed by atoms with van der Waals surface area (Å²) >= 11 is 0. The van der Waals surface area contributed by atoms with Crippen LogP contribution in [0.2, 0.25) is 0 Å². The lowest BCUT2D eigenvalue weighted by Crippen LogP contribution is -2.61. The van der Waals surface area contributed by atoms with E-state index in [1.165, 1.54) is 48.0 Å². The van der Waals surface area contributed by atoms with Crippen molar-refractivity contribution in [3.05, 3.63) is 83.4 Å². The second kappa shape index (κ2) is 10.9. The number of carbonyl (C=O) groups excluding carboxylic acids is 2. The number of nitrogens with zero attached hydrogens (tertiary/aromatic N) is 1. The number of nitrogens with one attached hydrogen (secondary N) is 2. The van der Waals surface area contributed by atoms with Crippen molar-refractivity contribution in [2.75, 3.05) is 11.9 Å². The number of amides is 2. The van der Waals surface area contributed by atoms with E-state index in [2.05, 4.69) is 33.4 Å². The van der Waals surface area contributed by atoms with Crippen LogP contribution in [-0.2, 0) is 11.3 Å². The predicted octanol–water partition coefficient (Wildman–Crippen LogP) is 6.74. The smallest absolute Gasteiger partial charge is 0.335 e. The van der Waals surface area contributed by atoms with Crippen molar-refractivity contribution >= 4 is 34.4 Å². The van der Waals surface area contributed by atoms with Gasteiger partial charge in [-0.05, 0) is 86.1 Å². The van der Waals surface area contributed by atoms with Gasteiger partial charge in [-0.3, -0.25) is 9.59 Å². The number of aromatic nitrogens is 1. The maximum Gasteiger partial charge on any atom is 0.335 e. The lowest BCUT2D eigenvalue weighted by Gasteiger charge is -2.40. The molecule has 0 atom stereocenters. The van der Waals surface area contributed by atoms with Crippen LogP contribution in [0.1, 0.15) is 83.6 Å². The van der Waals surface area contributed by atoms with Crippen LogP contribution >= 0.6 is 0 Å². The Morgan fingerprint density at radius 3 is 2.47 bits per heavy atom. The lowest BCUT2D eigenvalue weighted by atomic mass is 9.75. The van der Waals surface area contributed by atoms with Crippen LogP contribution in [0, 0.1) is 0 Å². The molecule has 2 fully saturated rings. The molecule has 220 valence electrons.